The number of hydrazine groups is 1. The van der Waals surface area contributed by atoms with Crippen LogP contribution in [-0.2, 0) is 4.79 Å². The highest BCUT2D eigenvalue weighted by Crippen LogP contribution is 2.38. The third kappa shape index (κ3) is 5.42. The van der Waals surface area contributed by atoms with Gasteiger partial charge in [0, 0.05) is 10.6 Å². The number of hydrogen-bond acceptors (Lipinski definition) is 6. The first-order chi connectivity index (χ1) is 13.0. The molecule has 0 aliphatic heterocycles. The van der Waals surface area contributed by atoms with E-state index in [0.29, 0.717) is 28.0 Å². The Labute approximate surface area is 161 Å². The molecule has 9 heteroatoms. The van der Waals surface area contributed by atoms with Gasteiger partial charge in [0.1, 0.15) is 0 Å². The van der Waals surface area contributed by atoms with Crippen LogP contribution in [0.25, 0.3) is 0 Å². The van der Waals surface area contributed by atoms with Crippen LogP contribution in [0.3, 0.4) is 0 Å². The summed E-state index contributed by atoms with van der Waals surface area (Å²) >= 11 is 5.86. The van der Waals surface area contributed by atoms with Crippen molar-refractivity contribution in [2.45, 2.75) is 0 Å². The van der Waals surface area contributed by atoms with E-state index in [1.54, 1.807) is 24.3 Å². The molecule has 0 radical (unpaired) electrons. The molecule has 2 aromatic carbocycles. The third-order valence-electron chi connectivity index (χ3n) is 3.51. The van der Waals surface area contributed by atoms with Crippen molar-refractivity contribution in [2.75, 3.05) is 33.3 Å². The minimum atomic E-state index is -0.466. The van der Waals surface area contributed by atoms with E-state index in [4.69, 9.17) is 25.8 Å². The molecule has 8 nitrogen and oxygen atoms in total. The van der Waals surface area contributed by atoms with Crippen molar-refractivity contribution in [3.63, 3.8) is 0 Å². The van der Waals surface area contributed by atoms with Gasteiger partial charge in [-0.3, -0.25) is 20.4 Å². The van der Waals surface area contributed by atoms with Crippen LogP contribution in [0.2, 0.25) is 5.02 Å². The summed E-state index contributed by atoms with van der Waals surface area (Å²) in [5.74, 6) is 0.158. The van der Waals surface area contributed by atoms with Gasteiger partial charge in [-0.05, 0) is 30.3 Å². The molecule has 0 aliphatic rings. The molecule has 3 N–H and O–H groups in total. The van der Waals surface area contributed by atoms with Crippen molar-refractivity contribution in [3.8, 4) is 17.2 Å². The van der Waals surface area contributed by atoms with Gasteiger partial charge in [0.15, 0.2) is 11.5 Å². The number of nitrogens with one attached hydrogen (secondary N) is 3. The maximum absolute atomic E-state index is 12.3. The van der Waals surface area contributed by atoms with Crippen LogP contribution in [0.5, 0.6) is 17.2 Å². The average Bonchev–Trinajstić information content (AvgIpc) is 2.69. The molecule has 0 fully saturated rings. The summed E-state index contributed by atoms with van der Waals surface area (Å²) in [6, 6.07) is 9.84. The van der Waals surface area contributed by atoms with Gasteiger partial charge in [-0.15, -0.1) is 0 Å². The first-order valence-electron chi connectivity index (χ1n) is 7.87. The maximum Gasteiger partial charge on any atom is 0.257 e. The lowest BCUT2D eigenvalue weighted by atomic mass is 10.1. The second-order valence-electron chi connectivity index (χ2n) is 5.28. The molecule has 0 heterocycles. The van der Waals surface area contributed by atoms with Crippen molar-refractivity contribution in [1.82, 2.24) is 10.7 Å². The van der Waals surface area contributed by atoms with Crippen LogP contribution >= 0.6 is 11.6 Å². The summed E-state index contributed by atoms with van der Waals surface area (Å²) in [7, 11) is 4.37. The summed E-state index contributed by atoms with van der Waals surface area (Å²) < 4.78 is 15.6. The predicted octanol–water partition coefficient (Wildman–Crippen LogP) is 2.24. The van der Waals surface area contributed by atoms with Crippen LogP contribution in [0.4, 0.5) is 5.69 Å². The normalized spacial score (nSPS) is 9.93. The predicted molar refractivity (Wildman–Crippen MR) is 102 cm³/mol. The van der Waals surface area contributed by atoms with E-state index in [-0.39, 0.29) is 12.1 Å². The molecule has 144 valence electrons. The number of carbonyl (C=O) groups excluding carboxylic acids is 2. The Bertz CT molecular complexity index is 803. The highest BCUT2D eigenvalue weighted by Gasteiger charge is 2.17. The smallest absolute Gasteiger partial charge is 0.257 e. The summed E-state index contributed by atoms with van der Waals surface area (Å²) in [6.45, 7) is -0.233. The van der Waals surface area contributed by atoms with Gasteiger partial charge in [0.2, 0.25) is 5.75 Å². The fourth-order valence-electron chi connectivity index (χ4n) is 2.23. The van der Waals surface area contributed by atoms with E-state index < -0.39 is 11.8 Å². The van der Waals surface area contributed by atoms with E-state index in [1.165, 1.54) is 33.5 Å². The lowest BCUT2D eigenvalue weighted by molar-refractivity contribution is -0.119. The van der Waals surface area contributed by atoms with Gasteiger partial charge in [-0.25, -0.2) is 0 Å². The fraction of sp³-hybridized carbons (Fsp3) is 0.222. The molecule has 0 saturated carbocycles. The Hall–Kier alpha value is -3.13. The summed E-state index contributed by atoms with van der Waals surface area (Å²) in [6.07, 6.45) is 0. The van der Waals surface area contributed by atoms with Crippen molar-refractivity contribution >= 4 is 29.1 Å². The number of methoxy groups -OCH3 is 3. The Morgan fingerprint density at radius 3 is 2.22 bits per heavy atom. The van der Waals surface area contributed by atoms with E-state index in [2.05, 4.69) is 16.2 Å². The summed E-state index contributed by atoms with van der Waals surface area (Å²) in [5.41, 5.74) is 6.05. The van der Waals surface area contributed by atoms with Gasteiger partial charge in [0.05, 0.1) is 33.6 Å². The maximum atomic E-state index is 12.3. The van der Waals surface area contributed by atoms with Gasteiger partial charge >= 0.3 is 0 Å². The van der Waals surface area contributed by atoms with Crippen LogP contribution in [0.1, 0.15) is 10.4 Å². The highest BCUT2D eigenvalue weighted by molar-refractivity contribution is 6.30. The van der Waals surface area contributed by atoms with Crippen LogP contribution < -0.4 is 30.4 Å². The zero-order chi connectivity index (χ0) is 19.8. The molecule has 2 amide bonds. The van der Waals surface area contributed by atoms with E-state index in [1.807, 2.05) is 0 Å². The van der Waals surface area contributed by atoms with Crippen molar-refractivity contribution in [1.29, 1.82) is 0 Å². The van der Waals surface area contributed by atoms with Crippen LogP contribution in [0.15, 0.2) is 36.4 Å². The zero-order valence-corrected chi connectivity index (χ0v) is 15.8. The van der Waals surface area contributed by atoms with Gasteiger partial charge in [-0.1, -0.05) is 17.7 Å². The van der Waals surface area contributed by atoms with Crippen molar-refractivity contribution < 1.29 is 23.8 Å². The summed E-state index contributed by atoms with van der Waals surface area (Å²) in [4.78, 5) is 24.2. The number of hydrogen-bond donors (Lipinski definition) is 3. The first-order valence-corrected chi connectivity index (χ1v) is 8.25. The van der Waals surface area contributed by atoms with Crippen molar-refractivity contribution in [2.24, 2.45) is 0 Å². The summed E-state index contributed by atoms with van der Waals surface area (Å²) in [5, 5.41) is 3.05. The SMILES string of the molecule is COc1cc(C(=O)NCC(=O)NNc2cccc(Cl)c2)cc(OC)c1OC. The molecule has 0 unspecified atom stereocenters. The molecule has 0 spiro atoms. The van der Waals surface area contributed by atoms with Gasteiger partial charge < -0.3 is 19.5 Å². The van der Waals surface area contributed by atoms with Crippen molar-refractivity contribution in [3.05, 3.63) is 47.0 Å². The quantitative estimate of drug-likeness (QED) is 0.595. The van der Waals surface area contributed by atoms with E-state index >= 15 is 0 Å². The lowest BCUT2D eigenvalue weighted by Gasteiger charge is -2.14. The van der Waals surface area contributed by atoms with Gasteiger partial charge in [-0.2, -0.15) is 0 Å². The van der Waals surface area contributed by atoms with Crippen LogP contribution in [0, 0.1) is 0 Å². The van der Waals surface area contributed by atoms with Crippen LogP contribution in [-0.4, -0.2) is 39.7 Å². The lowest BCUT2D eigenvalue weighted by Crippen LogP contribution is -2.39. The average molecular weight is 394 g/mol. The molecule has 27 heavy (non-hydrogen) atoms. The topological polar surface area (TPSA) is 97.9 Å². The molecule has 0 bridgehead atoms. The molecular formula is C18H20ClN3O5. The fourth-order valence-corrected chi connectivity index (χ4v) is 2.42. The molecule has 2 aromatic rings. The Morgan fingerprint density at radius 2 is 1.67 bits per heavy atom. The standard InChI is InChI=1S/C18H20ClN3O5/c1-25-14-7-11(8-15(26-2)17(14)27-3)18(24)20-10-16(23)22-21-13-6-4-5-12(19)9-13/h4-9,21H,10H2,1-3H3,(H,20,24)(H,22,23). The number of ether oxygens (including phenoxy) is 3. The van der Waals surface area contributed by atoms with E-state index in [9.17, 15) is 9.59 Å². The number of rotatable bonds is 8. The minimum Gasteiger partial charge on any atom is -0.493 e. The number of amides is 2. The highest BCUT2D eigenvalue weighted by atomic mass is 35.5. The third-order valence-corrected chi connectivity index (χ3v) is 3.74. The molecule has 0 aliphatic carbocycles. The Morgan fingerprint density at radius 1 is 1.00 bits per heavy atom. The zero-order valence-electron chi connectivity index (χ0n) is 15.1. The Kier molecular flexibility index (Phi) is 7.13. The monoisotopic (exact) mass is 393 g/mol. The molecular weight excluding hydrogens is 374 g/mol. The molecule has 0 saturated heterocycles. The number of benzene rings is 2. The largest absolute Gasteiger partial charge is 0.493 e. The molecule has 2 rings (SSSR count). The van der Waals surface area contributed by atoms with E-state index in [0.717, 1.165) is 0 Å². The Balaban J connectivity index is 1.95. The number of anilines is 1. The molecule has 0 atom stereocenters. The second-order valence-corrected chi connectivity index (χ2v) is 5.72. The number of carbonyl (C=O) groups is 2. The number of halogens is 1. The minimum absolute atomic E-state index is 0.233. The first kappa shape index (κ1) is 20.2. The second kappa shape index (κ2) is 9.54. The van der Waals surface area contributed by atoms with Gasteiger partial charge in [0.25, 0.3) is 11.8 Å². The molecule has 0 aromatic heterocycles.